The van der Waals surface area contributed by atoms with Crippen LogP contribution in [-0.4, -0.2) is 19.6 Å². The average molecular weight is 261 g/mol. The normalized spacial score (nSPS) is 9.89. The molecule has 0 saturated carbocycles. The van der Waals surface area contributed by atoms with Gasteiger partial charge in [-0.15, -0.1) is 0 Å². The molecule has 1 aromatic rings. The number of nitrogens with zero attached hydrogens (tertiary/aromatic N) is 1. The van der Waals surface area contributed by atoms with Gasteiger partial charge in [-0.05, 0) is 37.6 Å². The van der Waals surface area contributed by atoms with Crippen molar-refractivity contribution in [3.8, 4) is 11.8 Å². The van der Waals surface area contributed by atoms with Crippen molar-refractivity contribution in [3.05, 3.63) is 29.3 Å². The Morgan fingerprint density at radius 1 is 1.47 bits per heavy atom. The van der Waals surface area contributed by atoms with Crippen LogP contribution in [-0.2, 0) is 11.3 Å². The van der Waals surface area contributed by atoms with Crippen LogP contribution in [0.1, 0.15) is 30.4 Å². The molecule has 3 N–H and O–H groups in total. The number of hydrogen-bond donors (Lipinski definition) is 2. The molecule has 0 bridgehead atoms. The maximum atomic E-state index is 10.6. The van der Waals surface area contributed by atoms with Gasteiger partial charge in [0.15, 0.2) is 0 Å². The third-order valence-corrected chi connectivity index (χ3v) is 2.75. The van der Waals surface area contributed by atoms with Gasteiger partial charge >= 0.3 is 0 Å². The Hall–Kier alpha value is -2.06. The highest BCUT2D eigenvalue weighted by atomic mass is 16.5. The van der Waals surface area contributed by atoms with Crippen molar-refractivity contribution < 1.29 is 9.53 Å². The Kier molecular flexibility index (Phi) is 6.41. The highest BCUT2D eigenvalue weighted by Crippen LogP contribution is 2.19. The third kappa shape index (κ3) is 5.40. The van der Waals surface area contributed by atoms with E-state index in [4.69, 9.17) is 15.7 Å². The number of methoxy groups -OCH3 is 1. The average Bonchev–Trinajstić information content (AvgIpc) is 2.42. The number of unbranched alkanes of at least 4 members (excludes halogenated alkanes) is 1. The fourth-order valence-corrected chi connectivity index (χ4v) is 1.76. The smallest absolute Gasteiger partial charge is 0.217 e. The second-order valence-corrected chi connectivity index (χ2v) is 4.24. The van der Waals surface area contributed by atoms with Crippen molar-refractivity contribution in [3.63, 3.8) is 0 Å². The molecule has 0 radical (unpaired) electrons. The number of benzene rings is 1. The first-order valence-electron chi connectivity index (χ1n) is 6.23. The predicted octanol–water partition coefficient (Wildman–Crippen LogP) is 1.31. The number of primary amides is 1. The van der Waals surface area contributed by atoms with E-state index in [1.54, 1.807) is 19.2 Å². The number of nitrogens with one attached hydrogen (secondary N) is 1. The van der Waals surface area contributed by atoms with Gasteiger partial charge < -0.3 is 15.8 Å². The molecule has 0 unspecified atom stereocenters. The van der Waals surface area contributed by atoms with Gasteiger partial charge in [-0.1, -0.05) is 0 Å². The van der Waals surface area contributed by atoms with Crippen molar-refractivity contribution >= 4 is 5.91 Å². The Morgan fingerprint density at radius 2 is 2.26 bits per heavy atom. The quantitative estimate of drug-likeness (QED) is 0.691. The van der Waals surface area contributed by atoms with Crippen molar-refractivity contribution in [2.24, 2.45) is 5.73 Å². The van der Waals surface area contributed by atoms with Gasteiger partial charge in [-0.25, -0.2) is 0 Å². The summed E-state index contributed by atoms with van der Waals surface area (Å²) < 4.78 is 5.24. The minimum Gasteiger partial charge on any atom is -0.496 e. The second-order valence-electron chi connectivity index (χ2n) is 4.24. The first kappa shape index (κ1) is 15.0. The lowest BCUT2D eigenvalue weighted by atomic mass is 10.1. The van der Waals surface area contributed by atoms with E-state index in [1.807, 2.05) is 6.07 Å². The van der Waals surface area contributed by atoms with Crippen molar-refractivity contribution in [2.75, 3.05) is 13.7 Å². The number of ether oxygens (including phenoxy) is 1. The van der Waals surface area contributed by atoms with Crippen LogP contribution in [0.4, 0.5) is 0 Å². The van der Waals surface area contributed by atoms with Crippen LogP contribution in [0.3, 0.4) is 0 Å². The standard InChI is InChI=1S/C14H19N3O2/c1-19-13-6-5-11(9-15)8-12(13)10-17-7-3-2-4-14(16)18/h5-6,8,17H,2-4,7,10H2,1H3,(H2,16,18). The molecule has 0 aromatic heterocycles. The molecule has 1 rings (SSSR count). The number of amides is 1. The monoisotopic (exact) mass is 261 g/mol. The number of hydrogen-bond acceptors (Lipinski definition) is 4. The van der Waals surface area contributed by atoms with Gasteiger partial charge in [-0.3, -0.25) is 4.79 Å². The van der Waals surface area contributed by atoms with E-state index in [2.05, 4.69) is 11.4 Å². The van der Waals surface area contributed by atoms with Crippen LogP contribution >= 0.6 is 0 Å². The molecule has 0 atom stereocenters. The first-order chi connectivity index (χ1) is 9.17. The fourth-order valence-electron chi connectivity index (χ4n) is 1.76. The molecule has 0 aliphatic heterocycles. The lowest BCUT2D eigenvalue weighted by molar-refractivity contribution is -0.118. The summed E-state index contributed by atoms with van der Waals surface area (Å²) >= 11 is 0. The topological polar surface area (TPSA) is 88.1 Å². The molecule has 102 valence electrons. The minimum atomic E-state index is -0.261. The van der Waals surface area contributed by atoms with Crippen LogP contribution < -0.4 is 15.8 Å². The van der Waals surface area contributed by atoms with Gasteiger partial charge in [0, 0.05) is 18.5 Å². The van der Waals surface area contributed by atoms with E-state index in [0.29, 0.717) is 18.5 Å². The predicted molar refractivity (Wildman–Crippen MR) is 72.5 cm³/mol. The van der Waals surface area contributed by atoms with Gasteiger partial charge in [0.2, 0.25) is 5.91 Å². The van der Waals surface area contributed by atoms with E-state index in [0.717, 1.165) is 30.7 Å². The zero-order chi connectivity index (χ0) is 14.1. The van der Waals surface area contributed by atoms with Crippen LogP contribution in [0.5, 0.6) is 5.75 Å². The van der Waals surface area contributed by atoms with E-state index in [1.165, 1.54) is 0 Å². The zero-order valence-corrected chi connectivity index (χ0v) is 11.1. The molecular formula is C14H19N3O2. The van der Waals surface area contributed by atoms with Crippen molar-refractivity contribution in [1.82, 2.24) is 5.32 Å². The number of nitrogens with two attached hydrogens (primary N) is 1. The Labute approximate surface area is 113 Å². The van der Waals surface area contributed by atoms with Crippen LogP contribution in [0, 0.1) is 11.3 Å². The molecule has 0 fully saturated rings. The molecule has 1 amide bonds. The summed E-state index contributed by atoms with van der Waals surface area (Å²) in [5.74, 6) is 0.507. The van der Waals surface area contributed by atoms with Crippen LogP contribution in [0.15, 0.2) is 18.2 Å². The SMILES string of the molecule is COc1ccc(C#N)cc1CNCCCCC(N)=O. The van der Waals surface area contributed by atoms with Crippen LogP contribution in [0.2, 0.25) is 0 Å². The summed E-state index contributed by atoms with van der Waals surface area (Å²) in [5.41, 5.74) is 6.63. The van der Waals surface area contributed by atoms with Crippen molar-refractivity contribution in [1.29, 1.82) is 5.26 Å². The summed E-state index contributed by atoms with van der Waals surface area (Å²) in [5, 5.41) is 12.1. The number of nitriles is 1. The summed E-state index contributed by atoms with van der Waals surface area (Å²) in [7, 11) is 1.61. The minimum absolute atomic E-state index is 0.261. The van der Waals surface area contributed by atoms with Gasteiger partial charge in [0.05, 0.1) is 18.7 Å². The van der Waals surface area contributed by atoms with Crippen molar-refractivity contribution in [2.45, 2.75) is 25.8 Å². The summed E-state index contributed by atoms with van der Waals surface area (Å²) in [4.78, 5) is 10.6. The second kappa shape index (κ2) is 8.11. The Morgan fingerprint density at radius 3 is 2.89 bits per heavy atom. The van der Waals surface area contributed by atoms with Crippen LogP contribution in [0.25, 0.3) is 0 Å². The highest BCUT2D eigenvalue weighted by Gasteiger charge is 2.04. The third-order valence-electron chi connectivity index (χ3n) is 2.75. The fraction of sp³-hybridized carbons (Fsp3) is 0.429. The largest absolute Gasteiger partial charge is 0.496 e. The lowest BCUT2D eigenvalue weighted by Crippen LogP contribution is -2.16. The lowest BCUT2D eigenvalue weighted by Gasteiger charge is -2.10. The molecule has 19 heavy (non-hydrogen) atoms. The van der Waals surface area contributed by atoms with E-state index < -0.39 is 0 Å². The zero-order valence-electron chi connectivity index (χ0n) is 11.1. The molecule has 0 spiro atoms. The van der Waals surface area contributed by atoms with Gasteiger partial charge in [0.1, 0.15) is 5.75 Å². The maximum Gasteiger partial charge on any atom is 0.217 e. The summed E-state index contributed by atoms with van der Waals surface area (Å²) in [6.07, 6.45) is 2.11. The molecule has 0 saturated heterocycles. The van der Waals surface area contributed by atoms with E-state index >= 15 is 0 Å². The first-order valence-corrected chi connectivity index (χ1v) is 6.23. The molecule has 5 nitrogen and oxygen atoms in total. The number of rotatable bonds is 8. The number of carbonyl (C=O) groups excluding carboxylic acids is 1. The maximum absolute atomic E-state index is 10.6. The Bertz CT molecular complexity index is 466. The molecule has 1 aromatic carbocycles. The van der Waals surface area contributed by atoms with E-state index in [-0.39, 0.29) is 5.91 Å². The molecule has 0 heterocycles. The van der Waals surface area contributed by atoms with Gasteiger partial charge in [0.25, 0.3) is 0 Å². The van der Waals surface area contributed by atoms with E-state index in [9.17, 15) is 4.79 Å². The van der Waals surface area contributed by atoms with Gasteiger partial charge in [-0.2, -0.15) is 5.26 Å². The molecule has 5 heteroatoms. The Balaban J connectivity index is 2.40. The summed E-state index contributed by atoms with van der Waals surface area (Å²) in [6, 6.07) is 7.45. The highest BCUT2D eigenvalue weighted by molar-refractivity contribution is 5.73. The molecule has 0 aliphatic rings. The number of carbonyl (C=O) groups is 1. The molecule has 0 aliphatic carbocycles. The summed E-state index contributed by atoms with van der Waals surface area (Å²) in [6.45, 7) is 1.43. The molecular weight excluding hydrogens is 242 g/mol.